The first-order valence-corrected chi connectivity index (χ1v) is 2.81. The quantitative estimate of drug-likeness (QED) is 0.642. The molecule has 0 bridgehead atoms. The molecule has 0 fully saturated rings. The third-order valence-corrected chi connectivity index (χ3v) is 1.26. The van der Waals surface area contributed by atoms with Crippen molar-refractivity contribution in [2.75, 3.05) is 0 Å². The lowest BCUT2D eigenvalue weighted by Gasteiger charge is -1.88. The van der Waals surface area contributed by atoms with Gasteiger partial charge in [0.15, 0.2) is 0 Å². The van der Waals surface area contributed by atoms with Gasteiger partial charge in [-0.05, 0) is 22.0 Å². The zero-order valence-corrected chi connectivity index (χ0v) is 5.51. The fourth-order valence-corrected chi connectivity index (χ4v) is 0.574. The molecule has 1 aromatic rings. The van der Waals surface area contributed by atoms with Gasteiger partial charge in [0.2, 0.25) is 5.88 Å². The molecule has 1 radical (unpaired) electrons. The van der Waals surface area contributed by atoms with E-state index < -0.39 is 0 Å². The average Bonchev–Trinajstić information content (AvgIpc) is 1.77. The molecule has 1 N–H and O–H groups in total. The van der Waals surface area contributed by atoms with Gasteiger partial charge < -0.3 is 5.11 Å². The number of nitrogens with zero attached hydrogens (tertiary/aromatic N) is 1. The minimum absolute atomic E-state index is 0.0208. The van der Waals surface area contributed by atoms with Crippen LogP contribution >= 0.6 is 15.9 Å². The third kappa shape index (κ3) is 0.980. The molecule has 0 spiro atoms. The van der Waals surface area contributed by atoms with Crippen molar-refractivity contribution in [3.63, 3.8) is 0 Å². The fraction of sp³-hybridized carbons (Fsp3) is 0. The number of pyridine rings is 1. The lowest BCUT2D eigenvalue weighted by Crippen LogP contribution is -1.71. The zero-order chi connectivity index (χ0) is 5.98. The molecule has 0 aliphatic rings. The molecule has 1 aromatic heterocycles. The van der Waals surface area contributed by atoms with Crippen LogP contribution in [0.5, 0.6) is 5.88 Å². The Kier molecular flexibility index (Phi) is 1.48. The van der Waals surface area contributed by atoms with Crippen LogP contribution in [0.15, 0.2) is 16.7 Å². The number of hydrogen-bond donors (Lipinski definition) is 1. The summed E-state index contributed by atoms with van der Waals surface area (Å²) in [5, 5.41) is 8.73. The maximum Gasteiger partial charge on any atom is 0.226 e. The van der Waals surface area contributed by atoms with Crippen molar-refractivity contribution in [1.82, 2.24) is 4.98 Å². The SMILES string of the molecule is Oc1ncc[c]c1Br. The molecule has 41 valence electrons. The molecule has 0 saturated heterocycles. The smallest absolute Gasteiger partial charge is 0.226 e. The Morgan fingerprint density at radius 3 is 2.88 bits per heavy atom. The molecular weight excluding hydrogens is 170 g/mol. The highest BCUT2D eigenvalue weighted by Gasteiger charge is 1.92. The maximum atomic E-state index is 8.73. The number of aromatic nitrogens is 1. The first kappa shape index (κ1) is 5.56. The van der Waals surface area contributed by atoms with Crippen LogP contribution in [0.1, 0.15) is 0 Å². The van der Waals surface area contributed by atoms with Crippen molar-refractivity contribution in [1.29, 1.82) is 0 Å². The zero-order valence-electron chi connectivity index (χ0n) is 3.93. The summed E-state index contributed by atoms with van der Waals surface area (Å²) in [7, 11) is 0. The maximum absolute atomic E-state index is 8.73. The van der Waals surface area contributed by atoms with Crippen LogP contribution in [-0.4, -0.2) is 10.1 Å². The molecule has 0 aromatic carbocycles. The van der Waals surface area contributed by atoms with E-state index in [0.717, 1.165) is 0 Å². The lowest BCUT2D eigenvalue weighted by atomic mass is 10.5. The summed E-state index contributed by atoms with van der Waals surface area (Å²) in [6.07, 6.45) is 1.47. The van der Waals surface area contributed by atoms with Crippen molar-refractivity contribution in [2.45, 2.75) is 0 Å². The monoisotopic (exact) mass is 172 g/mol. The van der Waals surface area contributed by atoms with E-state index in [1.165, 1.54) is 6.20 Å². The molecule has 1 rings (SSSR count). The Labute approximate surface area is 55.3 Å². The van der Waals surface area contributed by atoms with Gasteiger partial charge in [0, 0.05) is 12.3 Å². The predicted octanol–water partition coefficient (Wildman–Crippen LogP) is 1.35. The highest BCUT2D eigenvalue weighted by atomic mass is 79.9. The van der Waals surface area contributed by atoms with Crippen LogP contribution in [0.25, 0.3) is 0 Å². The van der Waals surface area contributed by atoms with Gasteiger partial charge in [-0.25, -0.2) is 4.98 Å². The first-order valence-electron chi connectivity index (χ1n) is 2.02. The summed E-state index contributed by atoms with van der Waals surface area (Å²) in [5.74, 6) is -0.0208. The van der Waals surface area contributed by atoms with Crippen molar-refractivity contribution in [2.24, 2.45) is 0 Å². The van der Waals surface area contributed by atoms with Crippen LogP contribution in [0.2, 0.25) is 0 Å². The summed E-state index contributed by atoms with van der Waals surface area (Å²) in [4.78, 5) is 3.56. The fourth-order valence-electron chi connectivity index (χ4n) is 0.340. The van der Waals surface area contributed by atoms with Gasteiger partial charge in [-0.1, -0.05) is 0 Å². The van der Waals surface area contributed by atoms with Crippen LogP contribution in [0.4, 0.5) is 0 Å². The second-order valence-electron chi connectivity index (χ2n) is 1.23. The molecule has 0 aliphatic carbocycles. The largest absolute Gasteiger partial charge is 0.492 e. The van der Waals surface area contributed by atoms with Crippen LogP contribution in [0.3, 0.4) is 0 Å². The number of hydrogen-bond acceptors (Lipinski definition) is 2. The summed E-state index contributed by atoms with van der Waals surface area (Å²) in [6, 6.07) is 4.32. The van der Waals surface area contributed by atoms with Crippen molar-refractivity contribution < 1.29 is 5.11 Å². The van der Waals surface area contributed by atoms with E-state index in [0.29, 0.717) is 4.47 Å². The second kappa shape index (κ2) is 2.13. The van der Waals surface area contributed by atoms with Gasteiger partial charge in [0.1, 0.15) is 0 Å². The third-order valence-electron chi connectivity index (χ3n) is 0.678. The van der Waals surface area contributed by atoms with Gasteiger partial charge >= 0.3 is 0 Å². The molecule has 1 heterocycles. The minimum atomic E-state index is -0.0208. The molecule has 8 heavy (non-hydrogen) atoms. The van der Waals surface area contributed by atoms with E-state index in [2.05, 4.69) is 27.0 Å². The molecule has 2 nitrogen and oxygen atoms in total. The van der Waals surface area contributed by atoms with Crippen molar-refractivity contribution >= 4 is 15.9 Å². The van der Waals surface area contributed by atoms with E-state index in [9.17, 15) is 0 Å². The van der Waals surface area contributed by atoms with E-state index >= 15 is 0 Å². The highest BCUT2D eigenvalue weighted by Crippen LogP contribution is 2.17. The molecule has 0 amide bonds. The van der Waals surface area contributed by atoms with E-state index in [1.807, 2.05) is 0 Å². The Morgan fingerprint density at radius 1 is 1.75 bits per heavy atom. The van der Waals surface area contributed by atoms with Gasteiger partial charge in [-0.3, -0.25) is 0 Å². The van der Waals surface area contributed by atoms with Crippen molar-refractivity contribution in [3.05, 3.63) is 22.8 Å². The molecule has 3 heteroatoms. The lowest BCUT2D eigenvalue weighted by molar-refractivity contribution is 0.449. The standard InChI is InChI=1S/C5H3BrNO/c6-4-2-1-3-7-5(4)8/h1,3H,(H,7,8). The van der Waals surface area contributed by atoms with E-state index in [4.69, 9.17) is 5.11 Å². The van der Waals surface area contributed by atoms with Crippen LogP contribution in [0, 0.1) is 6.07 Å². The molecule has 0 atom stereocenters. The van der Waals surface area contributed by atoms with Gasteiger partial charge in [0.05, 0.1) is 4.47 Å². The second-order valence-corrected chi connectivity index (χ2v) is 2.02. The van der Waals surface area contributed by atoms with Crippen molar-refractivity contribution in [3.8, 4) is 5.88 Å². The normalized spacial score (nSPS) is 9.12. The van der Waals surface area contributed by atoms with Crippen LogP contribution in [-0.2, 0) is 0 Å². The molecule has 0 unspecified atom stereocenters. The predicted molar refractivity (Wildman–Crippen MR) is 32.4 cm³/mol. The van der Waals surface area contributed by atoms with Gasteiger partial charge in [0.25, 0.3) is 0 Å². The highest BCUT2D eigenvalue weighted by molar-refractivity contribution is 9.10. The van der Waals surface area contributed by atoms with E-state index in [1.54, 1.807) is 6.07 Å². The van der Waals surface area contributed by atoms with Gasteiger partial charge in [-0.2, -0.15) is 0 Å². The van der Waals surface area contributed by atoms with E-state index in [-0.39, 0.29) is 5.88 Å². The summed E-state index contributed by atoms with van der Waals surface area (Å²) in [5.41, 5.74) is 0. The Morgan fingerprint density at radius 2 is 2.50 bits per heavy atom. The first-order chi connectivity index (χ1) is 3.80. The van der Waals surface area contributed by atoms with Gasteiger partial charge in [-0.15, -0.1) is 0 Å². The summed E-state index contributed by atoms with van der Waals surface area (Å²) >= 11 is 3.03. The number of halogens is 1. The molecular formula is C5H3BrNO. The Bertz CT molecular complexity index is 169. The Balaban J connectivity index is 3.13. The Hall–Kier alpha value is -0.570. The summed E-state index contributed by atoms with van der Waals surface area (Å²) in [6.45, 7) is 0. The number of aromatic hydroxyl groups is 1. The summed E-state index contributed by atoms with van der Waals surface area (Å²) < 4.78 is 0.500. The van der Waals surface area contributed by atoms with Crippen LogP contribution < -0.4 is 0 Å². The minimum Gasteiger partial charge on any atom is -0.492 e. The number of rotatable bonds is 0. The molecule has 0 aliphatic heterocycles. The topological polar surface area (TPSA) is 33.1 Å². The molecule has 0 saturated carbocycles. The average molecular weight is 173 g/mol.